The second kappa shape index (κ2) is 5.20. The minimum absolute atomic E-state index is 0.222. The Labute approximate surface area is 121 Å². The van der Waals surface area contributed by atoms with Gasteiger partial charge in [-0.1, -0.05) is 18.2 Å². The van der Waals surface area contributed by atoms with Gasteiger partial charge in [-0.3, -0.25) is 0 Å². The number of hydrogen-bond donors (Lipinski definition) is 0. The molecule has 2 nitrogen and oxygen atoms in total. The number of benzene rings is 1. The number of aryl methyl sites for hydroxylation is 1. The van der Waals surface area contributed by atoms with E-state index in [1.54, 1.807) is 12.3 Å². The van der Waals surface area contributed by atoms with Crippen molar-refractivity contribution in [3.05, 3.63) is 53.1 Å². The summed E-state index contributed by atoms with van der Waals surface area (Å²) in [6.07, 6.45) is 0.835. The zero-order valence-electron chi connectivity index (χ0n) is 11.8. The van der Waals surface area contributed by atoms with Gasteiger partial charge < -0.3 is 4.57 Å². The maximum absolute atomic E-state index is 13.1. The molecule has 3 rings (SSSR count). The number of aromatic nitrogens is 2. The molecule has 1 aromatic carbocycles. The molecule has 1 aliphatic heterocycles. The van der Waals surface area contributed by atoms with E-state index in [1.165, 1.54) is 12.1 Å². The molecule has 0 aliphatic carbocycles. The Kier molecular flexibility index (Phi) is 3.51. The Morgan fingerprint density at radius 3 is 2.81 bits per heavy atom. The third-order valence-electron chi connectivity index (χ3n) is 4.12. The second-order valence-electron chi connectivity index (χ2n) is 5.61. The van der Waals surface area contributed by atoms with Crippen LogP contribution < -0.4 is 0 Å². The number of halogens is 3. The van der Waals surface area contributed by atoms with Crippen LogP contribution in [0, 0.1) is 0 Å². The molecule has 0 spiro atoms. The third kappa shape index (κ3) is 2.69. The number of nitrogens with zero attached hydrogens (tertiary/aromatic N) is 2. The highest BCUT2D eigenvalue weighted by molar-refractivity contribution is 5.32. The quantitative estimate of drug-likeness (QED) is 0.803. The second-order valence-corrected chi connectivity index (χ2v) is 5.61. The lowest BCUT2D eigenvalue weighted by Crippen LogP contribution is -2.18. The van der Waals surface area contributed by atoms with Crippen LogP contribution in [0.15, 0.2) is 30.5 Å². The topological polar surface area (TPSA) is 17.8 Å². The van der Waals surface area contributed by atoms with Crippen LogP contribution in [0.25, 0.3) is 0 Å². The molecule has 1 aromatic heterocycles. The summed E-state index contributed by atoms with van der Waals surface area (Å²) in [6, 6.07) is 6.06. The molecule has 1 unspecified atom stereocenters. The number of rotatable bonds is 2. The maximum Gasteiger partial charge on any atom is 0.416 e. The van der Waals surface area contributed by atoms with Crippen LogP contribution in [0.5, 0.6) is 0 Å². The maximum atomic E-state index is 13.1. The highest BCUT2D eigenvalue weighted by atomic mass is 19.4. The van der Waals surface area contributed by atoms with Crippen molar-refractivity contribution in [1.29, 1.82) is 0 Å². The SMILES string of the molecule is CC1CCCc2cnc(Cc3ccccc3C(F)(F)F)n21. The molecule has 0 saturated heterocycles. The Hall–Kier alpha value is -1.78. The minimum Gasteiger partial charge on any atom is -0.329 e. The zero-order valence-corrected chi connectivity index (χ0v) is 11.8. The first-order valence-corrected chi connectivity index (χ1v) is 7.17. The van der Waals surface area contributed by atoms with E-state index in [0.29, 0.717) is 6.04 Å². The van der Waals surface area contributed by atoms with Gasteiger partial charge in [0.25, 0.3) is 0 Å². The zero-order chi connectivity index (χ0) is 15.0. The molecular formula is C16H17F3N2. The monoisotopic (exact) mass is 294 g/mol. The molecule has 1 aliphatic rings. The average Bonchev–Trinajstić information content (AvgIpc) is 2.83. The summed E-state index contributed by atoms with van der Waals surface area (Å²) >= 11 is 0. The smallest absolute Gasteiger partial charge is 0.329 e. The Bertz CT molecular complexity index is 643. The number of imidazole rings is 1. The fourth-order valence-corrected chi connectivity index (χ4v) is 3.12. The van der Waals surface area contributed by atoms with Crippen molar-refractivity contribution in [3.8, 4) is 0 Å². The molecule has 0 N–H and O–H groups in total. The first kappa shape index (κ1) is 14.2. The third-order valence-corrected chi connectivity index (χ3v) is 4.12. The van der Waals surface area contributed by atoms with Gasteiger partial charge in [-0.25, -0.2) is 4.98 Å². The summed E-state index contributed by atoms with van der Waals surface area (Å²) < 4.78 is 41.3. The fraction of sp³-hybridized carbons (Fsp3) is 0.438. The van der Waals surface area contributed by atoms with Gasteiger partial charge in [-0.2, -0.15) is 13.2 Å². The lowest BCUT2D eigenvalue weighted by Gasteiger charge is -2.24. The number of fused-ring (bicyclic) bond motifs is 1. The van der Waals surface area contributed by atoms with Crippen molar-refractivity contribution in [2.24, 2.45) is 0 Å². The highest BCUT2D eigenvalue weighted by Crippen LogP contribution is 2.34. The van der Waals surface area contributed by atoms with Gasteiger partial charge in [-0.05, 0) is 37.8 Å². The molecule has 2 aromatic rings. The van der Waals surface area contributed by atoms with Crippen LogP contribution in [0.2, 0.25) is 0 Å². The Balaban J connectivity index is 1.97. The van der Waals surface area contributed by atoms with Crippen LogP contribution in [-0.4, -0.2) is 9.55 Å². The molecular weight excluding hydrogens is 277 g/mol. The van der Waals surface area contributed by atoms with E-state index in [2.05, 4.69) is 16.5 Å². The van der Waals surface area contributed by atoms with Crippen LogP contribution in [0.1, 0.15) is 48.5 Å². The molecule has 0 bridgehead atoms. The van der Waals surface area contributed by atoms with Crippen LogP contribution in [-0.2, 0) is 19.0 Å². The lowest BCUT2D eigenvalue weighted by molar-refractivity contribution is -0.138. The summed E-state index contributed by atoms with van der Waals surface area (Å²) in [5, 5.41) is 0. The molecule has 0 saturated carbocycles. The minimum atomic E-state index is -4.32. The Morgan fingerprint density at radius 2 is 2.05 bits per heavy atom. The highest BCUT2D eigenvalue weighted by Gasteiger charge is 2.33. The lowest BCUT2D eigenvalue weighted by atomic mass is 10.0. The first-order chi connectivity index (χ1) is 9.97. The van der Waals surface area contributed by atoms with Crippen LogP contribution >= 0.6 is 0 Å². The van der Waals surface area contributed by atoms with Crippen molar-refractivity contribution in [3.63, 3.8) is 0 Å². The molecule has 5 heteroatoms. The van der Waals surface area contributed by atoms with E-state index in [1.807, 2.05) is 0 Å². The summed E-state index contributed by atoms with van der Waals surface area (Å²) in [5.41, 5.74) is 0.857. The van der Waals surface area contributed by atoms with Gasteiger partial charge in [0.05, 0.1) is 5.56 Å². The molecule has 0 amide bonds. The average molecular weight is 294 g/mol. The normalized spacial score (nSPS) is 18.6. The van der Waals surface area contributed by atoms with Crippen LogP contribution in [0.3, 0.4) is 0 Å². The van der Waals surface area contributed by atoms with Crippen molar-refractivity contribution in [2.45, 2.75) is 44.8 Å². The van der Waals surface area contributed by atoms with Crippen molar-refractivity contribution >= 4 is 0 Å². The van der Waals surface area contributed by atoms with Gasteiger partial charge in [-0.15, -0.1) is 0 Å². The standard InChI is InChI=1S/C16H17F3N2/c1-11-5-4-7-13-10-20-15(21(11)13)9-12-6-2-3-8-14(12)16(17,18)19/h2-3,6,8,10-11H,4-5,7,9H2,1H3. The van der Waals surface area contributed by atoms with Crippen LogP contribution in [0.4, 0.5) is 13.2 Å². The van der Waals surface area contributed by atoms with E-state index in [9.17, 15) is 13.2 Å². The molecule has 0 radical (unpaired) electrons. The van der Waals surface area contributed by atoms with Crippen molar-refractivity contribution in [2.75, 3.05) is 0 Å². The molecule has 1 atom stereocenters. The van der Waals surface area contributed by atoms with Gasteiger partial charge in [0.2, 0.25) is 0 Å². The fourth-order valence-electron chi connectivity index (χ4n) is 3.12. The molecule has 21 heavy (non-hydrogen) atoms. The van der Waals surface area contributed by atoms with E-state index in [0.717, 1.165) is 36.8 Å². The Morgan fingerprint density at radius 1 is 1.29 bits per heavy atom. The molecule has 0 fully saturated rings. The molecule has 112 valence electrons. The summed E-state index contributed by atoms with van der Waals surface area (Å²) in [5.74, 6) is 0.730. The summed E-state index contributed by atoms with van der Waals surface area (Å²) in [6.45, 7) is 2.10. The summed E-state index contributed by atoms with van der Waals surface area (Å²) in [7, 11) is 0. The van der Waals surface area contributed by atoms with Gasteiger partial charge >= 0.3 is 6.18 Å². The van der Waals surface area contributed by atoms with Crippen molar-refractivity contribution < 1.29 is 13.2 Å². The van der Waals surface area contributed by atoms with Crippen molar-refractivity contribution in [1.82, 2.24) is 9.55 Å². The largest absolute Gasteiger partial charge is 0.416 e. The predicted molar refractivity (Wildman–Crippen MR) is 74.1 cm³/mol. The number of alkyl halides is 3. The van der Waals surface area contributed by atoms with Gasteiger partial charge in [0, 0.05) is 24.4 Å². The van der Waals surface area contributed by atoms with E-state index < -0.39 is 11.7 Å². The predicted octanol–water partition coefficient (Wildman–Crippen LogP) is 4.39. The molecule has 2 heterocycles. The first-order valence-electron chi connectivity index (χ1n) is 7.17. The summed E-state index contributed by atoms with van der Waals surface area (Å²) in [4.78, 5) is 4.36. The van der Waals surface area contributed by atoms with Gasteiger partial charge in [0.1, 0.15) is 5.82 Å². The van der Waals surface area contributed by atoms with Gasteiger partial charge in [0.15, 0.2) is 0 Å². The number of hydrogen-bond acceptors (Lipinski definition) is 1. The van der Waals surface area contributed by atoms with E-state index in [-0.39, 0.29) is 12.0 Å². The van der Waals surface area contributed by atoms with E-state index in [4.69, 9.17) is 0 Å². The van der Waals surface area contributed by atoms with E-state index >= 15 is 0 Å².